The summed E-state index contributed by atoms with van der Waals surface area (Å²) < 4.78 is 9.99. The summed E-state index contributed by atoms with van der Waals surface area (Å²) in [6.45, 7) is 5.53. The molecule has 7 heteroatoms. The number of esters is 1. The highest BCUT2D eigenvalue weighted by Gasteiger charge is 2.08. The highest BCUT2D eigenvalue weighted by atomic mass is 16.6. The van der Waals surface area contributed by atoms with Crippen LogP contribution in [0.1, 0.15) is 29.3 Å². The van der Waals surface area contributed by atoms with Gasteiger partial charge in [0.15, 0.2) is 0 Å². The first-order valence-corrected chi connectivity index (χ1v) is 11.0. The van der Waals surface area contributed by atoms with Gasteiger partial charge in [-0.1, -0.05) is 49.0 Å². The Balaban J connectivity index is 1.36. The largest absolute Gasteiger partial charge is 0.460 e. The van der Waals surface area contributed by atoms with Crippen LogP contribution in [-0.4, -0.2) is 37.7 Å². The number of hydrogen-bond acceptors (Lipinski definition) is 5. The van der Waals surface area contributed by atoms with Crippen molar-refractivity contribution < 1.29 is 23.9 Å². The minimum Gasteiger partial charge on any atom is -0.460 e. The number of amides is 2. The number of hydrogen-bond donors (Lipinski definition) is 2. The first kappa shape index (κ1) is 24.5. The zero-order valence-corrected chi connectivity index (χ0v) is 19.1. The van der Waals surface area contributed by atoms with Gasteiger partial charge in [0, 0.05) is 16.8 Å². The van der Waals surface area contributed by atoms with Crippen molar-refractivity contribution >= 4 is 34.4 Å². The molecule has 0 spiro atoms. The van der Waals surface area contributed by atoms with Crippen molar-refractivity contribution in [3.8, 4) is 0 Å². The zero-order valence-electron chi connectivity index (χ0n) is 19.1. The third kappa shape index (κ3) is 7.48. The number of carbonyl (C=O) groups excluding carboxylic acids is 3. The van der Waals surface area contributed by atoms with Gasteiger partial charge >= 0.3 is 12.1 Å². The summed E-state index contributed by atoms with van der Waals surface area (Å²) in [4.78, 5) is 35.4. The highest BCUT2D eigenvalue weighted by molar-refractivity contribution is 6.06. The summed E-state index contributed by atoms with van der Waals surface area (Å²) in [5.74, 6) is -0.651. The Hall–Kier alpha value is -4.13. The predicted molar refractivity (Wildman–Crippen MR) is 132 cm³/mol. The lowest BCUT2D eigenvalue weighted by atomic mass is 10.1. The van der Waals surface area contributed by atoms with Crippen LogP contribution in [-0.2, 0) is 20.7 Å². The van der Waals surface area contributed by atoms with Crippen molar-refractivity contribution in [1.29, 1.82) is 0 Å². The second-order valence-electron chi connectivity index (χ2n) is 7.80. The second-order valence-corrected chi connectivity index (χ2v) is 7.80. The lowest BCUT2D eigenvalue weighted by Crippen LogP contribution is -2.29. The Morgan fingerprint density at radius 2 is 1.62 bits per heavy atom. The molecule has 2 amide bonds. The third-order valence-electron chi connectivity index (χ3n) is 5.02. The number of nitrogens with one attached hydrogen (secondary N) is 2. The van der Waals surface area contributed by atoms with Gasteiger partial charge in [-0.2, -0.15) is 0 Å². The average molecular weight is 461 g/mol. The Morgan fingerprint density at radius 1 is 0.882 bits per heavy atom. The molecule has 0 heterocycles. The summed E-state index contributed by atoms with van der Waals surface area (Å²) in [5, 5.41) is 7.55. The van der Waals surface area contributed by atoms with Crippen LogP contribution in [0.4, 0.5) is 10.5 Å². The van der Waals surface area contributed by atoms with E-state index in [4.69, 9.17) is 9.47 Å². The molecule has 0 aliphatic heterocycles. The maximum absolute atomic E-state index is 12.6. The Morgan fingerprint density at radius 3 is 2.35 bits per heavy atom. The average Bonchev–Trinajstić information content (AvgIpc) is 2.85. The fraction of sp³-hybridized carbons (Fsp3) is 0.222. The van der Waals surface area contributed by atoms with Crippen molar-refractivity contribution in [2.45, 2.75) is 19.8 Å². The summed E-state index contributed by atoms with van der Waals surface area (Å²) >= 11 is 0. The van der Waals surface area contributed by atoms with Gasteiger partial charge in [-0.25, -0.2) is 9.59 Å². The molecule has 7 nitrogen and oxygen atoms in total. The molecule has 0 saturated carbocycles. The lowest BCUT2D eigenvalue weighted by molar-refractivity contribution is -0.138. The number of alkyl carbamates (subject to hydrolysis) is 1. The Bertz CT molecular complexity index is 1170. The fourth-order valence-electron chi connectivity index (χ4n) is 3.20. The van der Waals surface area contributed by atoms with Crippen molar-refractivity contribution in [2.75, 3.05) is 25.1 Å². The van der Waals surface area contributed by atoms with Gasteiger partial charge in [0.25, 0.3) is 5.91 Å². The van der Waals surface area contributed by atoms with Crippen molar-refractivity contribution in [3.63, 3.8) is 0 Å². The van der Waals surface area contributed by atoms with Crippen molar-refractivity contribution in [1.82, 2.24) is 5.32 Å². The minimum atomic E-state index is -0.557. The Labute approximate surface area is 198 Å². The first-order valence-electron chi connectivity index (χ1n) is 11.0. The van der Waals surface area contributed by atoms with Gasteiger partial charge in [0.05, 0.1) is 13.2 Å². The molecule has 0 atom stereocenters. The van der Waals surface area contributed by atoms with E-state index in [2.05, 4.69) is 17.2 Å². The summed E-state index contributed by atoms with van der Waals surface area (Å²) in [5.41, 5.74) is 2.69. The number of aryl methyl sites for hydroxylation is 1. The minimum absolute atomic E-state index is 0.0601. The summed E-state index contributed by atoms with van der Waals surface area (Å²) in [6.07, 6.45) is 0.821. The van der Waals surface area contributed by atoms with Gasteiger partial charge in [-0.05, 0) is 60.4 Å². The number of rotatable bonds is 10. The van der Waals surface area contributed by atoms with Crippen LogP contribution in [0, 0.1) is 0 Å². The van der Waals surface area contributed by atoms with Crippen LogP contribution in [0.25, 0.3) is 10.8 Å². The zero-order chi connectivity index (χ0) is 24.3. The van der Waals surface area contributed by atoms with Crippen molar-refractivity contribution in [3.05, 3.63) is 90.0 Å². The van der Waals surface area contributed by atoms with Crippen LogP contribution in [0.2, 0.25) is 0 Å². The number of ether oxygens (including phenoxy) is 2. The SMILES string of the molecule is C=C(C)C(=O)OCCNC(=O)OCCCc1ccc(NC(=O)c2ccc3ccccc3c2)cc1. The molecule has 2 N–H and O–H groups in total. The summed E-state index contributed by atoms with van der Waals surface area (Å²) in [6, 6.07) is 21.1. The number of benzene rings is 3. The van der Waals surface area contributed by atoms with E-state index in [1.54, 1.807) is 6.92 Å². The van der Waals surface area contributed by atoms with Gasteiger partial charge < -0.3 is 20.1 Å². The number of anilines is 1. The van der Waals surface area contributed by atoms with E-state index in [1.807, 2.05) is 66.7 Å². The van der Waals surface area contributed by atoms with E-state index >= 15 is 0 Å². The fourth-order valence-corrected chi connectivity index (χ4v) is 3.20. The van der Waals surface area contributed by atoms with E-state index < -0.39 is 12.1 Å². The van der Waals surface area contributed by atoms with E-state index in [0.717, 1.165) is 22.8 Å². The van der Waals surface area contributed by atoms with E-state index in [9.17, 15) is 14.4 Å². The molecule has 0 unspecified atom stereocenters. The van der Waals surface area contributed by atoms with Crippen LogP contribution in [0.3, 0.4) is 0 Å². The molecule has 0 aromatic heterocycles. The standard InChI is InChI=1S/C27H28N2O5/c1-19(2)26(31)33-17-15-28-27(32)34-16-5-6-20-9-13-24(14-10-20)29-25(30)23-12-11-21-7-3-4-8-22(21)18-23/h3-4,7-14,18H,1,5-6,15-17H2,2H3,(H,28,32)(H,29,30). The van der Waals surface area contributed by atoms with Gasteiger partial charge in [0.2, 0.25) is 0 Å². The topological polar surface area (TPSA) is 93.7 Å². The molecule has 3 aromatic rings. The molecule has 0 bridgehead atoms. The summed E-state index contributed by atoms with van der Waals surface area (Å²) in [7, 11) is 0. The molecular formula is C27H28N2O5. The third-order valence-corrected chi connectivity index (χ3v) is 5.02. The Kier molecular flexibility index (Phi) is 8.80. The monoisotopic (exact) mass is 460 g/mol. The molecule has 0 aliphatic carbocycles. The quantitative estimate of drug-likeness (QED) is 0.256. The normalized spacial score (nSPS) is 10.4. The van der Waals surface area contributed by atoms with E-state index in [0.29, 0.717) is 23.2 Å². The number of fused-ring (bicyclic) bond motifs is 1. The van der Waals surface area contributed by atoms with Crippen LogP contribution in [0.15, 0.2) is 78.9 Å². The van der Waals surface area contributed by atoms with Gasteiger partial charge in [0.1, 0.15) is 6.61 Å². The van der Waals surface area contributed by atoms with Crippen LogP contribution in [0.5, 0.6) is 0 Å². The lowest BCUT2D eigenvalue weighted by Gasteiger charge is -2.09. The van der Waals surface area contributed by atoms with Crippen LogP contribution < -0.4 is 10.6 Å². The molecule has 176 valence electrons. The molecule has 34 heavy (non-hydrogen) atoms. The molecular weight excluding hydrogens is 432 g/mol. The first-order chi connectivity index (χ1) is 16.4. The molecule has 3 aromatic carbocycles. The van der Waals surface area contributed by atoms with Crippen molar-refractivity contribution in [2.24, 2.45) is 0 Å². The molecule has 0 fully saturated rings. The molecule has 0 radical (unpaired) electrons. The molecule has 0 saturated heterocycles. The highest BCUT2D eigenvalue weighted by Crippen LogP contribution is 2.17. The molecule has 0 aliphatic rings. The maximum Gasteiger partial charge on any atom is 0.407 e. The number of carbonyl (C=O) groups is 3. The van der Waals surface area contributed by atoms with Gasteiger partial charge in [-0.15, -0.1) is 0 Å². The van der Waals surface area contributed by atoms with E-state index in [-0.39, 0.29) is 25.7 Å². The maximum atomic E-state index is 12.6. The van der Waals surface area contributed by atoms with E-state index in [1.165, 1.54) is 0 Å². The predicted octanol–water partition coefficient (Wildman–Crippen LogP) is 4.87. The smallest absolute Gasteiger partial charge is 0.407 e. The molecule has 3 rings (SSSR count). The second kappa shape index (κ2) is 12.2. The van der Waals surface area contributed by atoms with Gasteiger partial charge in [-0.3, -0.25) is 4.79 Å². The van der Waals surface area contributed by atoms with Crippen LogP contribution >= 0.6 is 0 Å².